The molecule has 0 bridgehead atoms. The molecule has 1 aliphatic rings. The summed E-state index contributed by atoms with van der Waals surface area (Å²) in [5.74, 6) is 1.35. The van der Waals surface area contributed by atoms with Crippen molar-refractivity contribution in [2.24, 2.45) is 0 Å². The molecule has 4 rings (SSSR count). The van der Waals surface area contributed by atoms with Crippen LogP contribution in [0, 0.1) is 11.3 Å². The second kappa shape index (κ2) is 10.4. The molecule has 190 valence electrons. The number of aromatic nitrogens is 3. The molecule has 36 heavy (non-hydrogen) atoms. The first-order chi connectivity index (χ1) is 17.2. The Balaban J connectivity index is 1.53. The fraction of sp³-hybridized carbons (Fsp3) is 0.462. The van der Waals surface area contributed by atoms with Crippen LogP contribution in [-0.2, 0) is 4.74 Å². The van der Waals surface area contributed by atoms with Crippen molar-refractivity contribution in [1.29, 1.82) is 5.26 Å². The summed E-state index contributed by atoms with van der Waals surface area (Å²) >= 11 is 0. The first-order valence-corrected chi connectivity index (χ1v) is 12.1. The van der Waals surface area contributed by atoms with Crippen LogP contribution in [0.3, 0.4) is 0 Å². The van der Waals surface area contributed by atoms with Crippen molar-refractivity contribution in [1.82, 2.24) is 19.5 Å². The number of aliphatic hydroxyl groups is 1. The Morgan fingerprint density at radius 3 is 2.58 bits per heavy atom. The van der Waals surface area contributed by atoms with Crippen molar-refractivity contribution in [2.45, 2.75) is 45.8 Å². The van der Waals surface area contributed by atoms with Gasteiger partial charge in [-0.05, 0) is 45.4 Å². The van der Waals surface area contributed by atoms with Gasteiger partial charge in [0.2, 0.25) is 0 Å². The Kier molecular flexibility index (Phi) is 7.31. The average Bonchev–Trinajstić information content (AvgIpc) is 3.29. The van der Waals surface area contributed by atoms with Gasteiger partial charge in [-0.15, -0.1) is 0 Å². The fourth-order valence-corrected chi connectivity index (χ4v) is 3.97. The number of amides is 1. The number of anilines is 1. The second-order valence-corrected chi connectivity index (χ2v) is 9.79. The van der Waals surface area contributed by atoms with Crippen molar-refractivity contribution in [3.05, 3.63) is 42.4 Å². The molecule has 10 nitrogen and oxygen atoms in total. The molecule has 0 aliphatic carbocycles. The minimum absolute atomic E-state index is 0.167. The zero-order valence-electron chi connectivity index (χ0n) is 21.1. The number of pyridine rings is 2. The number of ether oxygens (including phenoxy) is 2. The van der Waals surface area contributed by atoms with Crippen LogP contribution in [0.4, 0.5) is 10.6 Å². The van der Waals surface area contributed by atoms with Crippen LogP contribution >= 0.6 is 0 Å². The number of nitrogens with zero attached hydrogens (tertiary/aromatic N) is 6. The normalized spacial score (nSPS) is 15.0. The van der Waals surface area contributed by atoms with Crippen molar-refractivity contribution >= 4 is 17.4 Å². The highest BCUT2D eigenvalue weighted by Gasteiger charge is 2.26. The van der Waals surface area contributed by atoms with Gasteiger partial charge in [0, 0.05) is 43.5 Å². The molecule has 3 aromatic heterocycles. The second-order valence-electron chi connectivity index (χ2n) is 9.79. The number of hydrogen-bond acceptors (Lipinski definition) is 8. The van der Waals surface area contributed by atoms with Crippen LogP contribution in [0.1, 0.15) is 39.7 Å². The van der Waals surface area contributed by atoms with Crippen LogP contribution in [0.2, 0.25) is 0 Å². The van der Waals surface area contributed by atoms with Gasteiger partial charge in [-0.3, -0.25) is 0 Å². The number of piperazine rings is 1. The molecule has 1 unspecified atom stereocenters. The van der Waals surface area contributed by atoms with Crippen LogP contribution in [0.5, 0.6) is 5.75 Å². The van der Waals surface area contributed by atoms with Crippen molar-refractivity contribution in [3.63, 3.8) is 0 Å². The van der Waals surface area contributed by atoms with Gasteiger partial charge in [0.05, 0.1) is 29.6 Å². The van der Waals surface area contributed by atoms with Crippen molar-refractivity contribution in [3.8, 4) is 22.9 Å². The number of carbonyl (C=O) groups is 1. The van der Waals surface area contributed by atoms with Gasteiger partial charge >= 0.3 is 6.09 Å². The molecule has 0 radical (unpaired) electrons. The first kappa shape index (κ1) is 25.3. The molecule has 0 spiro atoms. The van der Waals surface area contributed by atoms with E-state index < -0.39 is 11.7 Å². The number of aliphatic hydroxyl groups excluding tert-OH is 1. The summed E-state index contributed by atoms with van der Waals surface area (Å²) in [5.41, 5.74) is 2.18. The molecule has 1 saturated heterocycles. The molecule has 1 amide bonds. The summed E-state index contributed by atoms with van der Waals surface area (Å²) in [6.45, 7) is 10.1. The predicted molar refractivity (Wildman–Crippen MR) is 135 cm³/mol. The maximum absolute atomic E-state index is 12.3. The molecular weight excluding hydrogens is 460 g/mol. The lowest BCUT2D eigenvalue weighted by Gasteiger charge is -2.36. The Morgan fingerprint density at radius 1 is 1.22 bits per heavy atom. The van der Waals surface area contributed by atoms with E-state index in [1.807, 2.05) is 45.9 Å². The zero-order valence-corrected chi connectivity index (χ0v) is 21.1. The highest BCUT2D eigenvalue weighted by Crippen LogP contribution is 2.31. The van der Waals surface area contributed by atoms with Gasteiger partial charge in [-0.25, -0.2) is 14.3 Å². The third-order valence-electron chi connectivity index (χ3n) is 5.94. The van der Waals surface area contributed by atoms with E-state index in [-0.39, 0.29) is 12.7 Å². The molecule has 1 fully saturated rings. The van der Waals surface area contributed by atoms with E-state index in [0.29, 0.717) is 49.4 Å². The van der Waals surface area contributed by atoms with Crippen LogP contribution in [0.25, 0.3) is 16.6 Å². The van der Waals surface area contributed by atoms with E-state index in [2.05, 4.69) is 21.1 Å². The molecule has 1 atom stereocenters. The minimum atomic E-state index is -0.562. The Labute approximate surface area is 210 Å². The maximum atomic E-state index is 12.3. The summed E-state index contributed by atoms with van der Waals surface area (Å²) in [6.07, 6.45) is 4.73. The van der Waals surface area contributed by atoms with E-state index in [1.54, 1.807) is 21.8 Å². The molecule has 10 heteroatoms. The third-order valence-corrected chi connectivity index (χ3v) is 5.94. The smallest absolute Gasteiger partial charge is 0.410 e. The van der Waals surface area contributed by atoms with Crippen molar-refractivity contribution < 1.29 is 19.4 Å². The van der Waals surface area contributed by atoms with Gasteiger partial charge < -0.3 is 24.4 Å². The summed E-state index contributed by atoms with van der Waals surface area (Å²) in [6, 6.07) is 7.93. The highest BCUT2D eigenvalue weighted by atomic mass is 16.6. The maximum Gasteiger partial charge on any atom is 0.410 e. The third kappa shape index (κ3) is 5.69. The van der Waals surface area contributed by atoms with Gasteiger partial charge in [-0.2, -0.15) is 10.4 Å². The quantitative estimate of drug-likeness (QED) is 0.556. The number of carbonyl (C=O) groups excluding carboxylic acids is 1. The molecule has 3 aromatic rings. The van der Waals surface area contributed by atoms with E-state index >= 15 is 0 Å². The van der Waals surface area contributed by atoms with Crippen LogP contribution < -0.4 is 9.64 Å². The van der Waals surface area contributed by atoms with Crippen LogP contribution in [0.15, 0.2) is 36.8 Å². The molecule has 1 aliphatic heterocycles. The number of hydrogen-bond donors (Lipinski definition) is 1. The largest absolute Gasteiger partial charge is 0.489 e. The lowest BCUT2D eigenvalue weighted by atomic mass is 10.1. The SMILES string of the molecule is CCC(O)COc1cc(-c2ccc(N3CCN(C(=O)OC(C)(C)C)CC3)nc2)c2c(C#N)cnn2c1. The van der Waals surface area contributed by atoms with Gasteiger partial charge in [0.25, 0.3) is 0 Å². The summed E-state index contributed by atoms with van der Waals surface area (Å²) in [5, 5.41) is 23.8. The van der Waals surface area contributed by atoms with Crippen molar-refractivity contribution in [2.75, 3.05) is 37.7 Å². The first-order valence-electron chi connectivity index (χ1n) is 12.1. The van der Waals surface area contributed by atoms with Gasteiger partial charge in [-0.1, -0.05) is 6.92 Å². The summed E-state index contributed by atoms with van der Waals surface area (Å²) in [4.78, 5) is 20.9. The summed E-state index contributed by atoms with van der Waals surface area (Å²) < 4.78 is 12.9. The number of rotatable bonds is 6. The Bertz CT molecular complexity index is 1250. The molecule has 0 aromatic carbocycles. The lowest BCUT2D eigenvalue weighted by Crippen LogP contribution is -2.50. The lowest BCUT2D eigenvalue weighted by molar-refractivity contribution is 0.0240. The monoisotopic (exact) mass is 492 g/mol. The molecular formula is C26H32N6O4. The van der Waals surface area contributed by atoms with Gasteiger partial charge in [0.15, 0.2) is 0 Å². The minimum Gasteiger partial charge on any atom is -0.489 e. The Morgan fingerprint density at radius 2 is 1.97 bits per heavy atom. The predicted octanol–water partition coefficient (Wildman–Crippen LogP) is 3.47. The van der Waals surface area contributed by atoms with E-state index in [4.69, 9.17) is 9.47 Å². The number of fused-ring (bicyclic) bond motifs is 1. The fourth-order valence-electron chi connectivity index (χ4n) is 3.97. The molecule has 4 heterocycles. The molecule has 1 N–H and O–H groups in total. The molecule has 0 saturated carbocycles. The zero-order chi connectivity index (χ0) is 25.9. The van der Waals surface area contributed by atoms with E-state index in [1.165, 1.54) is 6.20 Å². The van der Waals surface area contributed by atoms with E-state index in [0.717, 1.165) is 16.9 Å². The summed E-state index contributed by atoms with van der Waals surface area (Å²) in [7, 11) is 0. The topological polar surface area (TPSA) is 116 Å². The Hall–Kier alpha value is -3.84. The average molecular weight is 493 g/mol. The number of nitriles is 1. The van der Waals surface area contributed by atoms with Crippen LogP contribution in [-0.4, -0.2) is 75.2 Å². The van der Waals surface area contributed by atoms with E-state index in [9.17, 15) is 15.2 Å². The van der Waals surface area contributed by atoms with Gasteiger partial charge in [0.1, 0.15) is 29.8 Å². The standard InChI is InChI=1S/C26H32N6O4/c1-5-20(33)17-35-21-12-22(24-19(13-27)15-29-32(24)16-21)18-6-7-23(28-14-18)30-8-10-31(11-9-30)25(34)36-26(2,3)4/h6-7,12,14-16,20,33H,5,8-11,17H2,1-4H3. The highest BCUT2D eigenvalue weighted by molar-refractivity contribution is 5.85.